The third-order valence-corrected chi connectivity index (χ3v) is 3.25. The van der Waals surface area contributed by atoms with Gasteiger partial charge in [0.05, 0.1) is 6.04 Å². The molecule has 21 heavy (non-hydrogen) atoms. The molecule has 0 saturated carbocycles. The second-order valence-electron chi connectivity index (χ2n) is 5.56. The van der Waals surface area contributed by atoms with Crippen LogP contribution in [0.5, 0.6) is 0 Å². The molecule has 0 aliphatic carbocycles. The van der Waals surface area contributed by atoms with Crippen molar-refractivity contribution in [2.24, 2.45) is 5.92 Å². The van der Waals surface area contributed by atoms with Crippen LogP contribution in [-0.4, -0.2) is 6.03 Å². The minimum Gasteiger partial charge on any atom is -0.331 e. The van der Waals surface area contributed by atoms with E-state index in [-0.39, 0.29) is 12.1 Å². The predicted octanol–water partition coefficient (Wildman–Crippen LogP) is 4.60. The number of carbonyl (C=O) groups is 1. The van der Waals surface area contributed by atoms with Gasteiger partial charge in [-0.1, -0.05) is 62.4 Å². The normalized spacial score (nSPS) is 12.0. The SMILES string of the molecule is CC(C)CC(NC(=O)Nc1ccccc1)c1ccccc1. The van der Waals surface area contributed by atoms with Crippen LogP contribution in [0.3, 0.4) is 0 Å². The first-order valence-electron chi connectivity index (χ1n) is 7.32. The van der Waals surface area contributed by atoms with Crippen molar-refractivity contribution < 1.29 is 4.79 Å². The van der Waals surface area contributed by atoms with Crippen molar-refractivity contribution >= 4 is 11.7 Å². The Kier molecular flexibility index (Phi) is 5.38. The summed E-state index contributed by atoms with van der Waals surface area (Å²) in [6.45, 7) is 4.32. The van der Waals surface area contributed by atoms with Crippen molar-refractivity contribution in [3.63, 3.8) is 0 Å². The molecule has 0 spiro atoms. The van der Waals surface area contributed by atoms with Gasteiger partial charge in [-0.3, -0.25) is 0 Å². The summed E-state index contributed by atoms with van der Waals surface area (Å²) in [4.78, 5) is 12.2. The van der Waals surface area contributed by atoms with Crippen molar-refractivity contribution in [1.29, 1.82) is 0 Å². The van der Waals surface area contributed by atoms with Gasteiger partial charge in [0.1, 0.15) is 0 Å². The molecule has 110 valence electrons. The van der Waals surface area contributed by atoms with E-state index in [9.17, 15) is 4.79 Å². The molecule has 0 aliphatic heterocycles. The lowest BCUT2D eigenvalue weighted by Gasteiger charge is -2.21. The molecular weight excluding hydrogens is 260 g/mol. The molecule has 2 aromatic carbocycles. The molecule has 0 saturated heterocycles. The van der Waals surface area contributed by atoms with Crippen LogP contribution in [0.15, 0.2) is 60.7 Å². The predicted molar refractivity (Wildman–Crippen MR) is 87.2 cm³/mol. The van der Waals surface area contributed by atoms with Crippen molar-refractivity contribution in [2.45, 2.75) is 26.3 Å². The van der Waals surface area contributed by atoms with E-state index in [1.165, 1.54) is 0 Å². The Balaban J connectivity index is 2.03. The summed E-state index contributed by atoms with van der Waals surface area (Å²) in [5.74, 6) is 0.507. The molecule has 3 heteroatoms. The number of benzene rings is 2. The molecule has 1 unspecified atom stereocenters. The van der Waals surface area contributed by atoms with Crippen molar-refractivity contribution in [2.75, 3.05) is 5.32 Å². The lowest BCUT2D eigenvalue weighted by molar-refractivity contribution is 0.246. The number of urea groups is 1. The molecule has 2 rings (SSSR count). The van der Waals surface area contributed by atoms with E-state index in [1.807, 2.05) is 48.5 Å². The average molecular weight is 282 g/mol. The number of rotatable bonds is 5. The van der Waals surface area contributed by atoms with E-state index in [1.54, 1.807) is 0 Å². The van der Waals surface area contributed by atoms with Crippen LogP contribution in [0.4, 0.5) is 10.5 Å². The van der Waals surface area contributed by atoms with Gasteiger partial charge in [0.15, 0.2) is 0 Å². The van der Waals surface area contributed by atoms with Crippen LogP contribution >= 0.6 is 0 Å². The van der Waals surface area contributed by atoms with Gasteiger partial charge in [-0.05, 0) is 30.0 Å². The number of hydrogen-bond acceptors (Lipinski definition) is 1. The fourth-order valence-corrected chi connectivity index (χ4v) is 2.28. The second kappa shape index (κ2) is 7.48. The van der Waals surface area contributed by atoms with Gasteiger partial charge in [-0.15, -0.1) is 0 Å². The number of para-hydroxylation sites is 1. The maximum atomic E-state index is 12.2. The Morgan fingerprint density at radius 1 is 0.952 bits per heavy atom. The third kappa shape index (κ3) is 4.95. The number of amides is 2. The fraction of sp³-hybridized carbons (Fsp3) is 0.278. The minimum absolute atomic E-state index is 0.0231. The third-order valence-electron chi connectivity index (χ3n) is 3.25. The molecule has 2 amide bonds. The van der Waals surface area contributed by atoms with Crippen molar-refractivity contribution in [3.8, 4) is 0 Å². The zero-order valence-corrected chi connectivity index (χ0v) is 12.5. The summed E-state index contributed by atoms with van der Waals surface area (Å²) in [6, 6.07) is 19.4. The van der Waals surface area contributed by atoms with E-state index in [2.05, 4.69) is 36.6 Å². The van der Waals surface area contributed by atoms with Crippen LogP contribution in [0.1, 0.15) is 31.9 Å². The van der Waals surface area contributed by atoms with Gasteiger partial charge in [0.2, 0.25) is 0 Å². The Morgan fingerprint density at radius 3 is 2.10 bits per heavy atom. The molecule has 0 fully saturated rings. The number of hydrogen-bond donors (Lipinski definition) is 2. The monoisotopic (exact) mass is 282 g/mol. The topological polar surface area (TPSA) is 41.1 Å². The quantitative estimate of drug-likeness (QED) is 0.827. The zero-order valence-electron chi connectivity index (χ0n) is 12.5. The standard InChI is InChI=1S/C18H22N2O/c1-14(2)13-17(15-9-5-3-6-10-15)20-18(21)19-16-11-7-4-8-12-16/h3-12,14,17H,13H2,1-2H3,(H2,19,20,21). The van der Waals surface area contributed by atoms with E-state index >= 15 is 0 Å². The highest BCUT2D eigenvalue weighted by molar-refractivity contribution is 5.89. The number of anilines is 1. The van der Waals surface area contributed by atoms with E-state index in [0.29, 0.717) is 5.92 Å². The molecule has 0 bridgehead atoms. The van der Waals surface area contributed by atoms with Gasteiger partial charge < -0.3 is 10.6 Å². The van der Waals surface area contributed by atoms with Crippen molar-refractivity contribution in [3.05, 3.63) is 66.2 Å². The Morgan fingerprint density at radius 2 is 1.52 bits per heavy atom. The van der Waals surface area contributed by atoms with Crippen LogP contribution in [0.2, 0.25) is 0 Å². The van der Waals surface area contributed by atoms with Gasteiger partial charge in [-0.25, -0.2) is 4.79 Å². The van der Waals surface area contributed by atoms with Crippen LogP contribution in [0.25, 0.3) is 0 Å². The highest BCUT2D eigenvalue weighted by Gasteiger charge is 2.15. The molecule has 3 nitrogen and oxygen atoms in total. The maximum Gasteiger partial charge on any atom is 0.319 e. The van der Waals surface area contributed by atoms with E-state index in [4.69, 9.17) is 0 Å². The average Bonchev–Trinajstić information content (AvgIpc) is 2.48. The van der Waals surface area contributed by atoms with Crippen molar-refractivity contribution in [1.82, 2.24) is 5.32 Å². The van der Waals surface area contributed by atoms with Gasteiger partial charge in [0.25, 0.3) is 0 Å². The highest BCUT2D eigenvalue weighted by atomic mass is 16.2. The Hall–Kier alpha value is -2.29. The van der Waals surface area contributed by atoms with Gasteiger partial charge in [0, 0.05) is 5.69 Å². The summed E-state index contributed by atoms with van der Waals surface area (Å²) in [5, 5.41) is 5.93. The summed E-state index contributed by atoms with van der Waals surface area (Å²) in [6.07, 6.45) is 0.909. The molecular formula is C18H22N2O. The maximum absolute atomic E-state index is 12.2. The lowest BCUT2D eigenvalue weighted by atomic mass is 9.97. The summed E-state index contributed by atoms with van der Waals surface area (Å²) in [5.41, 5.74) is 1.93. The Labute approximate surface area is 126 Å². The van der Waals surface area contributed by atoms with Gasteiger partial charge in [-0.2, -0.15) is 0 Å². The van der Waals surface area contributed by atoms with Crippen LogP contribution in [-0.2, 0) is 0 Å². The minimum atomic E-state index is -0.171. The van der Waals surface area contributed by atoms with Crippen LogP contribution in [0, 0.1) is 5.92 Å². The molecule has 0 radical (unpaired) electrons. The van der Waals surface area contributed by atoms with E-state index in [0.717, 1.165) is 17.7 Å². The molecule has 1 atom stereocenters. The first kappa shape index (κ1) is 15.1. The number of nitrogens with one attached hydrogen (secondary N) is 2. The van der Waals surface area contributed by atoms with Crippen LogP contribution < -0.4 is 10.6 Å². The molecule has 0 aromatic heterocycles. The largest absolute Gasteiger partial charge is 0.331 e. The molecule has 0 aliphatic rings. The summed E-state index contributed by atoms with van der Waals surface area (Å²) < 4.78 is 0. The summed E-state index contributed by atoms with van der Waals surface area (Å²) in [7, 11) is 0. The molecule has 2 aromatic rings. The Bertz CT molecular complexity index is 552. The van der Waals surface area contributed by atoms with E-state index < -0.39 is 0 Å². The first-order valence-corrected chi connectivity index (χ1v) is 7.32. The highest BCUT2D eigenvalue weighted by Crippen LogP contribution is 2.21. The summed E-state index contributed by atoms with van der Waals surface area (Å²) >= 11 is 0. The zero-order chi connectivity index (χ0) is 15.1. The molecule has 2 N–H and O–H groups in total. The fourth-order valence-electron chi connectivity index (χ4n) is 2.28. The number of carbonyl (C=O) groups excluding carboxylic acids is 1. The second-order valence-corrected chi connectivity index (χ2v) is 5.56. The lowest BCUT2D eigenvalue weighted by Crippen LogP contribution is -2.33. The molecule has 0 heterocycles. The smallest absolute Gasteiger partial charge is 0.319 e. The van der Waals surface area contributed by atoms with Gasteiger partial charge >= 0.3 is 6.03 Å². The first-order chi connectivity index (χ1) is 10.1.